The number of guanidine groups is 1. The Morgan fingerprint density at radius 1 is 1.20 bits per heavy atom. The fourth-order valence-electron chi connectivity index (χ4n) is 4.33. The molecule has 1 saturated heterocycles. The minimum Gasteiger partial charge on any atom is -0.356 e. The fourth-order valence-corrected chi connectivity index (χ4v) is 4.33. The summed E-state index contributed by atoms with van der Waals surface area (Å²) in [7, 11) is 1.88. The Morgan fingerprint density at radius 2 is 1.92 bits per heavy atom. The highest BCUT2D eigenvalue weighted by atomic mass is 127. The van der Waals surface area contributed by atoms with Crippen molar-refractivity contribution in [1.29, 1.82) is 0 Å². The van der Waals surface area contributed by atoms with E-state index in [9.17, 15) is 0 Å². The summed E-state index contributed by atoms with van der Waals surface area (Å²) in [6.07, 6.45) is 11.8. The van der Waals surface area contributed by atoms with Crippen LogP contribution in [0.25, 0.3) is 0 Å². The van der Waals surface area contributed by atoms with Crippen LogP contribution in [0.5, 0.6) is 0 Å². The lowest BCUT2D eigenvalue weighted by molar-refractivity contribution is 0.115. The Balaban J connectivity index is 0.00000225. The summed E-state index contributed by atoms with van der Waals surface area (Å²) in [5.41, 5.74) is 0.524. The Kier molecular flexibility index (Phi) is 7.96. The highest BCUT2D eigenvalue weighted by Gasteiger charge is 2.36. The van der Waals surface area contributed by atoms with E-state index in [1.165, 1.54) is 51.4 Å². The molecule has 1 spiro atoms. The molecule has 6 nitrogen and oxygen atoms in total. The van der Waals surface area contributed by atoms with Crippen LogP contribution in [0.2, 0.25) is 0 Å². The van der Waals surface area contributed by atoms with Crippen molar-refractivity contribution in [2.45, 2.75) is 64.7 Å². The van der Waals surface area contributed by atoms with E-state index < -0.39 is 0 Å². The standard InChI is InChI=1S/C18H31N5O.HI/c1-15-21-16(24-22-15)8-12-20-17(19-2)23-13-7-11-18(14-23)9-5-3-4-6-10-18;/h3-14H2,1-2H3,(H,19,20);1H. The van der Waals surface area contributed by atoms with E-state index in [0.29, 0.717) is 17.1 Å². The second-order valence-corrected chi connectivity index (χ2v) is 7.40. The molecule has 0 radical (unpaired) electrons. The Bertz CT molecular complexity index is 551. The number of likely N-dealkylation sites (tertiary alicyclic amines) is 1. The van der Waals surface area contributed by atoms with Crippen molar-refractivity contribution in [3.8, 4) is 0 Å². The number of hydrogen-bond donors (Lipinski definition) is 1. The molecule has 142 valence electrons. The van der Waals surface area contributed by atoms with Gasteiger partial charge in [-0.3, -0.25) is 4.99 Å². The maximum absolute atomic E-state index is 5.17. The summed E-state index contributed by atoms with van der Waals surface area (Å²) < 4.78 is 5.17. The third-order valence-electron chi connectivity index (χ3n) is 5.53. The lowest BCUT2D eigenvalue weighted by Crippen LogP contribution is -2.50. The number of aryl methyl sites for hydroxylation is 1. The summed E-state index contributed by atoms with van der Waals surface area (Å²) in [4.78, 5) is 11.2. The van der Waals surface area contributed by atoms with Gasteiger partial charge in [-0.25, -0.2) is 0 Å². The van der Waals surface area contributed by atoms with Crippen LogP contribution in [0, 0.1) is 12.3 Å². The number of halogens is 1. The molecule has 25 heavy (non-hydrogen) atoms. The van der Waals surface area contributed by atoms with Crippen LogP contribution >= 0.6 is 24.0 Å². The van der Waals surface area contributed by atoms with Crippen molar-refractivity contribution < 1.29 is 4.52 Å². The average molecular weight is 461 g/mol. The number of piperidine rings is 1. The minimum absolute atomic E-state index is 0. The van der Waals surface area contributed by atoms with Crippen LogP contribution in [-0.2, 0) is 6.42 Å². The third kappa shape index (κ3) is 5.56. The summed E-state index contributed by atoms with van der Waals surface area (Å²) in [6, 6.07) is 0. The topological polar surface area (TPSA) is 66.5 Å². The van der Waals surface area contributed by atoms with E-state index in [1.807, 2.05) is 14.0 Å². The van der Waals surface area contributed by atoms with Gasteiger partial charge in [0.1, 0.15) is 0 Å². The van der Waals surface area contributed by atoms with Crippen molar-refractivity contribution in [1.82, 2.24) is 20.4 Å². The Hall–Kier alpha value is -0.860. The molecule has 3 rings (SSSR count). The summed E-state index contributed by atoms with van der Waals surface area (Å²) >= 11 is 0. The second kappa shape index (κ2) is 9.73. The van der Waals surface area contributed by atoms with Crippen molar-refractivity contribution in [3.63, 3.8) is 0 Å². The molecular formula is C18H32IN5O. The molecule has 0 bridgehead atoms. The summed E-state index contributed by atoms with van der Waals surface area (Å²) in [5.74, 6) is 2.41. The number of nitrogens with one attached hydrogen (secondary N) is 1. The van der Waals surface area contributed by atoms with Gasteiger partial charge in [-0.15, -0.1) is 24.0 Å². The zero-order valence-corrected chi connectivity index (χ0v) is 17.9. The van der Waals surface area contributed by atoms with Gasteiger partial charge in [0, 0.05) is 33.1 Å². The van der Waals surface area contributed by atoms with E-state index in [4.69, 9.17) is 4.52 Å². The van der Waals surface area contributed by atoms with Crippen molar-refractivity contribution in [2.75, 3.05) is 26.7 Å². The quantitative estimate of drug-likeness (QED) is 0.424. The zero-order chi connectivity index (χ0) is 16.8. The highest BCUT2D eigenvalue weighted by molar-refractivity contribution is 14.0. The molecule has 2 fully saturated rings. The molecule has 1 aliphatic carbocycles. The van der Waals surface area contributed by atoms with Gasteiger partial charge in [0.2, 0.25) is 5.89 Å². The van der Waals surface area contributed by atoms with E-state index >= 15 is 0 Å². The molecule has 1 aliphatic heterocycles. The predicted octanol–water partition coefficient (Wildman–Crippen LogP) is 3.55. The largest absolute Gasteiger partial charge is 0.356 e. The van der Waals surface area contributed by atoms with E-state index in [0.717, 1.165) is 32.0 Å². The lowest BCUT2D eigenvalue weighted by Gasteiger charge is -2.44. The zero-order valence-electron chi connectivity index (χ0n) is 15.6. The van der Waals surface area contributed by atoms with Crippen LogP contribution in [-0.4, -0.2) is 47.7 Å². The number of aliphatic imine (C=N–C) groups is 1. The van der Waals surface area contributed by atoms with Crippen molar-refractivity contribution in [2.24, 2.45) is 10.4 Å². The molecule has 1 aromatic rings. The minimum atomic E-state index is 0. The first-order chi connectivity index (χ1) is 11.7. The van der Waals surface area contributed by atoms with Crippen molar-refractivity contribution >= 4 is 29.9 Å². The Labute approximate surface area is 168 Å². The number of rotatable bonds is 3. The van der Waals surface area contributed by atoms with Crippen LogP contribution < -0.4 is 5.32 Å². The lowest BCUT2D eigenvalue weighted by atomic mass is 9.74. The van der Waals surface area contributed by atoms with Crippen molar-refractivity contribution in [3.05, 3.63) is 11.7 Å². The van der Waals surface area contributed by atoms with Crippen LogP contribution in [0.3, 0.4) is 0 Å². The van der Waals surface area contributed by atoms with E-state index in [-0.39, 0.29) is 24.0 Å². The molecule has 2 aliphatic rings. The molecule has 7 heteroatoms. The highest BCUT2D eigenvalue weighted by Crippen LogP contribution is 2.42. The van der Waals surface area contributed by atoms with Gasteiger partial charge in [0.25, 0.3) is 0 Å². The van der Waals surface area contributed by atoms with Gasteiger partial charge < -0.3 is 14.7 Å². The predicted molar refractivity (Wildman–Crippen MR) is 110 cm³/mol. The normalized spacial score (nSPS) is 20.9. The van der Waals surface area contributed by atoms with Gasteiger partial charge in [0.15, 0.2) is 11.8 Å². The van der Waals surface area contributed by atoms with Crippen LogP contribution in [0.1, 0.15) is 63.1 Å². The first-order valence-electron chi connectivity index (χ1n) is 9.46. The first kappa shape index (κ1) is 20.5. The maximum Gasteiger partial charge on any atom is 0.228 e. The first-order valence-corrected chi connectivity index (χ1v) is 9.46. The molecule has 1 N–H and O–H groups in total. The SMILES string of the molecule is CN=C(NCCc1nc(C)no1)N1CCCC2(CCCCCC2)C1.I. The van der Waals surface area contributed by atoms with Gasteiger partial charge >= 0.3 is 0 Å². The maximum atomic E-state index is 5.17. The van der Waals surface area contributed by atoms with Gasteiger partial charge in [-0.05, 0) is 38.0 Å². The molecule has 0 amide bonds. The molecule has 2 heterocycles. The number of nitrogens with zero attached hydrogens (tertiary/aromatic N) is 4. The Morgan fingerprint density at radius 3 is 2.56 bits per heavy atom. The second-order valence-electron chi connectivity index (χ2n) is 7.40. The van der Waals surface area contributed by atoms with Gasteiger partial charge in [0.05, 0.1) is 0 Å². The molecule has 1 saturated carbocycles. The molecule has 0 aromatic carbocycles. The summed E-state index contributed by atoms with van der Waals surface area (Å²) in [5, 5.41) is 7.32. The van der Waals surface area contributed by atoms with E-state index in [1.54, 1.807) is 0 Å². The molecule has 0 atom stereocenters. The van der Waals surface area contributed by atoms with Crippen LogP contribution in [0.15, 0.2) is 9.52 Å². The molecule has 1 aromatic heterocycles. The van der Waals surface area contributed by atoms with E-state index in [2.05, 4.69) is 25.3 Å². The fraction of sp³-hybridized carbons (Fsp3) is 0.833. The van der Waals surface area contributed by atoms with Crippen LogP contribution in [0.4, 0.5) is 0 Å². The monoisotopic (exact) mass is 461 g/mol. The van der Waals surface area contributed by atoms with Gasteiger partial charge in [-0.1, -0.05) is 30.8 Å². The molecular weight excluding hydrogens is 429 g/mol. The summed E-state index contributed by atoms with van der Waals surface area (Å²) in [6.45, 7) is 4.89. The number of hydrogen-bond acceptors (Lipinski definition) is 4. The average Bonchev–Trinajstić information content (AvgIpc) is 2.87. The molecule has 0 unspecified atom stereocenters. The third-order valence-corrected chi connectivity index (χ3v) is 5.53. The van der Waals surface area contributed by atoms with Gasteiger partial charge in [-0.2, -0.15) is 4.98 Å². The number of aromatic nitrogens is 2. The smallest absolute Gasteiger partial charge is 0.228 e.